The first kappa shape index (κ1) is 11.9. The summed E-state index contributed by atoms with van der Waals surface area (Å²) in [6.45, 7) is 2.70. The number of carbonyl (C=O) groups is 1. The van der Waals surface area contributed by atoms with Crippen molar-refractivity contribution >= 4 is 21.7 Å². The molecule has 0 unspecified atom stereocenters. The Hall–Kier alpha value is -1.18. The number of nitrogens with zero attached hydrogens (tertiary/aromatic N) is 3. The second-order valence-electron chi connectivity index (χ2n) is 2.66. The number of aromatic nitrogens is 3. The summed E-state index contributed by atoms with van der Waals surface area (Å²) in [5, 5.41) is 6.79. The lowest BCUT2D eigenvalue weighted by atomic mass is 10.1. The Labute approximate surface area is 90.9 Å². The van der Waals surface area contributed by atoms with Crippen LogP contribution in [0.3, 0.4) is 0 Å². The van der Waals surface area contributed by atoms with Gasteiger partial charge in [0.15, 0.2) is 4.60 Å². The van der Waals surface area contributed by atoms with Crippen molar-refractivity contribution < 1.29 is 18.0 Å². The molecule has 0 saturated heterocycles. The molecular weight excluding hydrogens is 279 g/mol. The van der Waals surface area contributed by atoms with Crippen LogP contribution in [0.5, 0.6) is 0 Å². The van der Waals surface area contributed by atoms with E-state index in [1.54, 1.807) is 0 Å². The monoisotopic (exact) mass is 283 g/mol. The number of hydrogen-bond acceptors (Lipinski definition) is 3. The average Bonchev–Trinajstić information content (AvgIpc) is 2.42. The van der Waals surface area contributed by atoms with Crippen LogP contribution in [0.1, 0.15) is 10.5 Å². The highest BCUT2D eigenvalue weighted by atomic mass is 79.9. The summed E-state index contributed by atoms with van der Waals surface area (Å²) in [6, 6.07) is 0. The highest BCUT2D eigenvalue weighted by Crippen LogP contribution is 2.28. The molecule has 0 aliphatic carbocycles. The van der Waals surface area contributed by atoms with E-state index in [1.807, 2.05) is 0 Å². The summed E-state index contributed by atoms with van der Waals surface area (Å²) in [5.74, 6) is -1.25. The first-order chi connectivity index (χ1) is 6.75. The van der Waals surface area contributed by atoms with Crippen molar-refractivity contribution in [2.45, 2.75) is 6.18 Å². The Kier molecular flexibility index (Phi) is 2.98. The molecule has 0 aliphatic rings. The molecule has 0 atom stereocenters. The summed E-state index contributed by atoms with van der Waals surface area (Å²) in [6.07, 6.45) is -4.75. The summed E-state index contributed by atoms with van der Waals surface area (Å²) in [5.41, 5.74) is -1.73. The van der Waals surface area contributed by atoms with Gasteiger partial charge in [0, 0.05) is 7.05 Å². The van der Waals surface area contributed by atoms with Crippen molar-refractivity contribution in [1.29, 1.82) is 0 Å². The number of ketones is 1. The molecule has 0 N–H and O–H groups in total. The topological polar surface area (TPSA) is 47.8 Å². The number of alkyl halides is 3. The quantitative estimate of drug-likeness (QED) is 0.615. The number of carbonyl (C=O) groups excluding carboxylic acids is 1. The lowest BCUT2D eigenvalue weighted by molar-refractivity contribution is -0.0884. The van der Waals surface area contributed by atoms with E-state index in [4.69, 9.17) is 0 Å². The Morgan fingerprint density at radius 2 is 2.07 bits per heavy atom. The number of Topliss-reactive ketones (excluding diaryl/α,β-unsaturated/α-hetero) is 1. The predicted octanol–water partition coefficient (Wildman–Crippen LogP) is 1.88. The van der Waals surface area contributed by atoms with Crippen molar-refractivity contribution in [2.24, 2.45) is 7.05 Å². The second kappa shape index (κ2) is 3.76. The molecule has 0 aromatic carbocycles. The van der Waals surface area contributed by atoms with E-state index in [0.29, 0.717) is 0 Å². The van der Waals surface area contributed by atoms with E-state index < -0.39 is 17.5 Å². The maximum atomic E-state index is 12.2. The zero-order chi connectivity index (χ0) is 11.8. The summed E-state index contributed by atoms with van der Waals surface area (Å²) < 4.78 is 37.4. The molecular formula is C7H5BrF3N3O. The fourth-order valence-corrected chi connectivity index (χ4v) is 1.35. The van der Waals surface area contributed by atoms with Crippen LogP contribution in [0.4, 0.5) is 13.2 Å². The number of aryl methyl sites for hydroxylation is 1. The predicted molar refractivity (Wildman–Crippen MR) is 48.2 cm³/mol. The number of halogens is 4. The maximum Gasteiger partial charge on any atom is 0.419 e. The van der Waals surface area contributed by atoms with E-state index >= 15 is 0 Å². The largest absolute Gasteiger partial charge is 0.419 e. The molecule has 0 fully saturated rings. The molecule has 0 spiro atoms. The first-order valence-corrected chi connectivity index (χ1v) is 4.40. The van der Waals surface area contributed by atoms with E-state index in [1.165, 1.54) is 7.05 Å². The Balaban J connectivity index is 3.12. The standard InChI is InChI=1S/C7H5BrF3N3O/c1-3(7(9,10)11)5(15)4-6(8)12-13-14(4)2/h1H2,2H3. The molecule has 8 heteroatoms. The molecule has 1 rings (SSSR count). The third-order valence-corrected chi connectivity index (χ3v) is 2.15. The van der Waals surface area contributed by atoms with Crippen molar-refractivity contribution in [3.05, 3.63) is 22.4 Å². The SMILES string of the molecule is C=C(C(=O)c1c(Br)nnn1C)C(F)(F)F. The van der Waals surface area contributed by atoms with Gasteiger partial charge in [0.1, 0.15) is 5.69 Å². The maximum absolute atomic E-state index is 12.2. The van der Waals surface area contributed by atoms with Crippen molar-refractivity contribution in [3.8, 4) is 0 Å². The van der Waals surface area contributed by atoms with E-state index in [9.17, 15) is 18.0 Å². The summed E-state index contributed by atoms with van der Waals surface area (Å²) in [7, 11) is 1.31. The molecule has 0 amide bonds. The molecule has 0 aliphatic heterocycles. The van der Waals surface area contributed by atoms with Crippen LogP contribution >= 0.6 is 15.9 Å². The number of rotatable bonds is 2. The van der Waals surface area contributed by atoms with Crippen LogP contribution < -0.4 is 0 Å². The van der Waals surface area contributed by atoms with Crippen LogP contribution in [-0.2, 0) is 7.05 Å². The van der Waals surface area contributed by atoms with Crippen LogP contribution in [0.15, 0.2) is 16.8 Å². The molecule has 1 heterocycles. The van der Waals surface area contributed by atoms with Gasteiger partial charge < -0.3 is 0 Å². The first-order valence-electron chi connectivity index (χ1n) is 3.61. The van der Waals surface area contributed by atoms with Crippen molar-refractivity contribution in [1.82, 2.24) is 15.0 Å². The smallest absolute Gasteiger partial charge is 0.287 e. The number of allylic oxidation sites excluding steroid dienone is 1. The zero-order valence-corrected chi connectivity index (χ0v) is 9.05. The van der Waals surface area contributed by atoms with Gasteiger partial charge in [-0.3, -0.25) is 4.79 Å². The Bertz CT molecular complexity index is 404. The molecule has 82 valence electrons. The molecule has 1 aromatic rings. The highest BCUT2D eigenvalue weighted by molar-refractivity contribution is 9.10. The van der Waals surface area contributed by atoms with Gasteiger partial charge in [-0.05, 0) is 15.9 Å². The highest BCUT2D eigenvalue weighted by Gasteiger charge is 2.39. The van der Waals surface area contributed by atoms with Gasteiger partial charge in [0.2, 0.25) is 5.78 Å². The van der Waals surface area contributed by atoms with E-state index in [2.05, 4.69) is 32.8 Å². The fraction of sp³-hybridized carbons (Fsp3) is 0.286. The van der Waals surface area contributed by atoms with Gasteiger partial charge in [-0.15, -0.1) is 5.10 Å². The molecule has 0 radical (unpaired) electrons. The van der Waals surface area contributed by atoms with Crippen LogP contribution in [0.2, 0.25) is 0 Å². The second-order valence-corrected chi connectivity index (χ2v) is 3.41. The van der Waals surface area contributed by atoms with Crippen molar-refractivity contribution in [3.63, 3.8) is 0 Å². The van der Waals surface area contributed by atoms with Gasteiger partial charge in [-0.1, -0.05) is 11.8 Å². The lowest BCUT2D eigenvalue weighted by Gasteiger charge is -2.08. The fourth-order valence-electron chi connectivity index (χ4n) is 0.844. The molecule has 1 aromatic heterocycles. The number of hydrogen-bond donors (Lipinski definition) is 0. The molecule has 15 heavy (non-hydrogen) atoms. The normalized spacial score (nSPS) is 11.5. The Morgan fingerprint density at radius 1 is 1.53 bits per heavy atom. The van der Waals surface area contributed by atoms with Crippen LogP contribution in [0, 0.1) is 0 Å². The molecule has 0 bridgehead atoms. The van der Waals surface area contributed by atoms with Gasteiger partial charge in [-0.25, -0.2) is 4.68 Å². The summed E-state index contributed by atoms with van der Waals surface area (Å²) >= 11 is 2.83. The minimum absolute atomic E-state index is 0.0413. The minimum atomic E-state index is -4.75. The minimum Gasteiger partial charge on any atom is -0.287 e. The van der Waals surface area contributed by atoms with Crippen LogP contribution in [0.25, 0.3) is 0 Å². The van der Waals surface area contributed by atoms with Gasteiger partial charge in [0.05, 0.1) is 5.57 Å². The summed E-state index contributed by atoms with van der Waals surface area (Å²) in [4.78, 5) is 11.3. The van der Waals surface area contributed by atoms with E-state index in [-0.39, 0.29) is 10.3 Å². The van der Waals surface area contributed by atoms with Gasteiger partial charge in [0.25, 0.3) is 0 Å². The Morgan fingerprint density at radius 3 is 2.40 bits per heavy atom. The van der Waals surface area contributed by atoms with Crippen LogP contribution in [-0.4, -0.2) is 27.0 Å². The molecule has 4 nitrogen and oxygen atoms in total. The zero-order valence-electron chi connectivity index (χ0n) is 7.47. The van der Waals surface area contributed by atoms with E-state index in [0.717, 1.165) is 4.68 Å². The third-order valence-electron chi connectivity index (χ3n) is 1.62. The van der Waals surface area contributed by atoms with Gasteiger partial charge in [-0.2, -0.15) is 13.2 Å². The van der Waals surface area contributed by atoms with Crippen molar-refractivity contribution in [2.75, 3.05) is 0 Å². The third kappa shape index (κ3) is 2.25. The van der Waals surface area contributed by atoms with Gasteiger partial charge >= 0.3 is 6.18 Å². The molecule has 0 saturated carbocycles. The average molecular weight is 284 g/mol. The lowest BCUT2D eigenvalue weighted by Crippen LogP contribution is -2.21.